The van der Waals surface area contributed by atoms with Crippen LogP contribution in [0.25, 0.3) is 0 Å². The highest BCUT2D eigenvalue weighted by Gasteiger charge is 2.02. The summed E-state index contributed by atoms with van der Waals surface area (Å²) >= 11 is 0. The smallest absolute Gasteiger partial charge is 0.00639 e. The normalized spacial score (nSPS) is 13.4. The maximum atomic E-state index is 3.36. The van der Waals surface area contributed by atoms with E-state index in [2.05, 4.69) is 26.2 Å². The van der Waals surface area contributed by atoms with Crippen molar-refractivity contribution in [1.29, 1.82) is 0 Å². The molecule has 0 fully saturated rings. The summed E-state index contributed by atoms with van der Waals surface area (Å²) in [6.07, 6.45) is 8.11. The molecule has 0 heterocycles. The van der Waals surface area contributed by atoms with Gasteiger partial charge in [0.25, 0.3) is 0 Å². The van der Waals surface area contributed by atoms with Gasteiger partial charge in [0.2, 0.25) is 0 Å². The molecule has 1 unspecified atom stereocenters. The number of rotatable bonds is 7. The van der Waals surface area contributed by atoms with Gasteiger partial charge in [0.15, 0.2) is 0 Å². The minimum atomic E-state index is 0.770. The molecule has 0 aromatic heterocycles. The first-order valence-electron chi connectivity index (χ1n) is 5.02. The third kappa shape index (κ3) is 6.36. The van der Waals surface area contributed by atoms with E-state index in [1.54, 1.807) is 0 Å². The standard InChI is InChI=1S/C10H23N/c1-4-6-7-9-10(11-3)8-5-2/h10-11H,4-9H2,1-3H3. The summed E-state index contributed by atoms with van der Waals surface area (Å²) in [5.41, 5.74) is 0. The van der Waals surface area contributed by atoms with Crippen molar-refractivity contribution in [2.75, 3.05) is 7.05 Å². The largest absolute Gasteiger partial charge is 0.317 e. The van der Waals surface area contributed by atoms with Gasteiger partial charge in [0, 0.05) is 6.04 Å². The SMILES string of the molecule is CCCCCC(CCC)NC. The van der Waals surface area contributed by atoms with E-state index >= 15 is 0 Å². The van der Waals surface area contributed by atoms with Crippen molar-refractivity contribution in [2.24, 2.45) is 0 Å². The monoisotopic (exact) mass is 157 g/mol. The fraction of sp³-hybridized carbons (Fsp3) is 1.00. The molecule has 11 heavy (non-hydrogen) atoms. The van der Waals surface area contributed by atoms with Crippen LogP contribution in [0.5, 0.6) is 0 Å². The summed E-state index contributed by atoms with van der Waals surface area (Å²) in [5.74, 6) is 0. The van der Waals surface area contributed by atoms with E-state index in [0.29, 0.717) is 0 Å². The number of hydrogen-bond donors (Lipinski definition) is 1. The highest BCUT2D eigenvalue weighted by molar-refractivity contribution is 4.62. The van der Waals surface area contributed by atoms with Gasteiger partial charge in [0.05, 0.1) is 0 Å². The summed E-state index contributed by atoms with van der Waals surface area (Å²) in [4.78, 5) is 0. The molecule has 0 bridgehead atoms. The second-order valence-corrected chi connectivity index (χ2v) is 3.27. The molecule has 0 aromatic carbocycles. The Kier molecular flexibility index (Phi) is 8.03. The van der Waals surface area contributed by atoms with E-state index < -0.39 is 0 Å². The Morgan fingerprint density at radius 2 is 1.73 bits per heavy atom. The van der Waals surface area contributed by atoms with Crippen LogP contribution in [0.4, 0.5) is 0 Å². The molecule has 0 aromatic rings. The molecule has 0 saturated carbocycles. The fourth-order valence-corrected chi connectivity index (χ4v) is 1.42. The number of nitrogens with one attached hydrogen (secondary N) is 1. The zero-order chi connectivity index (χ0) is 8.53. The molecule has 68 valence electrons. The van der Waals surface area contributed by atoms with Crippen LogP contribution in [0.3, 0.4) is 0 Å². The zero-order valence-electron chi connectivity index (χ0n) is 8.32. The Labute approximate surface area is 71.6 Å². The fourth-order valence-electron chi connectivity index (χ4n) is 1.42. The lowest BCUT2D eigenvalue weighted by atomic mass is 10.0. The summed E-state index contributed by atoms with van der Waals surface area (Å²) in [7, 11) is 2.08. The van der Waals surface area contributed by atoms with Crippen LogP contribution in [-0.2, 0) is 0 Å². The highest BCUT2D eigenvalue weighted by Crippen LogP contribution is 2.07. The van der Waals surface area contributed by atoms with Gasteiger partial charge < -0.3 is 5.32 Å². The number of unbranched alkanes of at least 4 members (excludes halogenated alkanes) is 2. The maximum absolute atomic E-state index is 3.36. The summed E-state index contributed by atoms with van der Waals surface area (Å²) < 4.78 is 0. The molecule has 1 heteroatoms. The Morgan fingerprint density at radius 3 is 2.18 bits per heavy atom. The van der Waals surface area contributed by atoms with Gasteiger partial charge in [-0.15, -0.1) is 0 Å². The van der Waals surface area contributed by atoms with E-state index in [9.17, 15) is 0 Å². The van der Waals surface area contributed by atoms with E-state index in [0.717, 1.165) is 6.04 Å². The van der Waals surface area contributed by atoms with E-state index in [-0.39, 0.29) is 0 Å². The second kappa shape index (κ2) is 8.06. The van der Waals surface area contributed by atoms with Gasteiger partial charge in [-0.05, 0) is 19.9 Å². The van der Waals surface area contributed by atoms with Crippen molar-refractivity contribution >= 4 is 0 Å². The van der Waals surface area contributed by atoms with Crippen molar-refractivity contribution in [2.45, 2.75) is 58.4 Å². The molecule has 0 rings (SSSR count). The van der Waals surface area contributed by atoms with Gasteiger partial charge >= 0.3 is 0 Å². The molecule has 0 radical (unpaired) electrons. The summed E-state index contributed by atoms with van der Waals surface area (Å²) in [6, 6.07) is 0.770. The molecular weight excluding hydrogens is 134 g/mol. The average molecular weight is 157 g/mol. The van der Waals surface area contributed by atoms with E-state index in [1.165, 1.54) is 38.5 Å². The molecule has 0 aliphatic rings. The molecule has 1 N–H and O–H groups in total. The number of hydrogen-bond acceptors (Lipinski definition) is 1. The van der Waals surface area contributed by atoms with E-state index in [1.807, 2.05) is 0 Å². The molecule has 0 aliphatic carbocycles. The quantitative estimate of drug-likeness (QED) is 0.560. The molecule has 0 aliphatic heterocycles. The van der Waals surface area contributed by atoms with Crippen molar-refractivity contribution in [1.82, 2.24) is 5.32 Å². The summed E-state index contributed by atoms with van der Waals surface area (Å²) in [6.45, 7) is 4.51. The molecule has 0 spiro atoms. The van der Waals surface area contributed by atoms with Crippen LogP contribution < -0.4 is 5.32 Å². The van der Waals surface area contributed by atoms with Gasteiger partial charge in [-0.1, -0.05) is 39.5 Å². The minimum absolute atomic E-state index is 0.770. The van der Waals surface area contributed by atoms with Gasteiger partial charge in [-0.25, -0.2) is 0 Å². The van der Waals surface area contributed by atoms with Crippen LogP contribution >= 0.6 is 0 Å². The lowest BCUT2D eigenvalue weighted by Gasteiger charge is -2.14. The second-order valence-electron chi connectivity index (χ2n) is 3.27. The first-order chi connectivity index (χ1) is 5.35. The first-order valence-corrected chi connectivity index (χ1v) is 5.02. The maximum Gasteiger partial charge on any atom is 0.00639 e. The Morgan fingerprint density at radius 1 is 1.00 bits per heavy atom. The Hall–Kier alpha value is -0.0400. The van der Waals surface area contributed by atoms with Crippen LogP contribution in [-0.4, -0.2) is 13.1 Å². The van der Waals surface area contributed by atoms with Crippen LogP contribution in [0.1, 0.15) is 52.4 Å². The van der Waals surface area contributed by atoms with Crippen molar-refractivity contribution in [3.05, 3.63) is 0 Å². The van der Waals surface area contributed by atoms with Crippen molar-refractivity contribution < 1.29 is 0 Å². The lowest BCUT2D eigenvalue weighted by molar-refractivity contribution is 0.461. The minimum Gasteiger partial charge on any atom is -0.317 e. The zero-order valence-corrected chi connectivity index (χ0v) is 8.32. The Balaban J connectivity index is 3.20. The molecule has 1 nitrogen and oxygen atoms in total. The topological polar surface area (TPSA) is 12.0 Å². The third-order valence-corrected chi connectivity index (χ3v) is 2.20. The lowest BCUT2D eigenvalue weighted by Crippen LogP contribution is -2.24. The van der Waals surface area contributed by atoms with Crippen LogP contribution in [0, 0.1) is 0 Å². The molecular formula is C10H23N. The first kappa shape index (κ1) is 11.0. The average Bonchev–Trinajstić information content (AvgIpc) is 2.03. The van der Waals surface area contributed by atoms with Crippen molar-refractivity contribution in [3.8, 4) is 0 Å². The molecule has 0 amide bonds. The predicted molar refractivity (Wildman–Crippen MR) is 51.9 cm³/mol. The summed E-state index contributed by atoms with van der Waals surface area (Å²) in [5, 5.41) is 3.36. The van der Waals surface area contributed by atoms with Gasteiger partial charge in [-0.2, -0.15) is 0 Å². The highest BCUT2D eigenvalue weighted by atomic mass is 14.9. The van der Waals surface area contributed by atoms with Crippen LogP contribution in [0.2, 0.25) is 0 Å². The third-order valence-electron chi connectivity index (χ3n) is 2.20. The van der Waals surface area contributed by atoms with Gasteiger partial charge in [0.1, 0.15) is 0 Å². The predicted octanol–water partition coefficient (Wildman–Crippen LogP) is 2.95. The molecule has 0 saturated heterocycles. The van der Waals surface area contributed by atoms with Crippen LogP contribution in [0.15, 0.2) is 0 Å². The van der Waals surface area contributed by atoms with Gasteiger partial charge in [-0.3, -0.25) is 0 Å². The molecule has 1 atom stereocenters. The van der Waals surface area contributed by atoms with E-state index in [4.69, 9.17) is 0 Å². The van der Waals surface area contributed by atoms with Crippen molar-refractivity contribution in [3.63, 3.8) is 0 Å². The Bertz CT molecular complexity index is 71.3.